The van der Waals surface area contributed by atoms with Crippen molar-refractivity contribution in [2.75, 3.05) is 7.11 Å². The number of nitrogens with zero attached hydrogens (tertiary/aromatic N) is 2. The highest BCUT2D eigenvalue weighted by Gasteiger charge is 2.17. The first-order valence-electron chi connectivity index (χ1n) is 8.70. The molecule has 2 aromatic carbocycles. The summed E-state index contributed by atoms with van der Waals surface area (Å²) in [5, 5.41) is 7.42. The molecule has 26 heavy (non-hydrogen) atoms. The van der Waals surface area contributed by atoms with E-state index in [4.69, 9.17) is 4.74 Å². The number of carbonyl (C=O) groups is 1. The van der Waals surface area contributed by atoms with Crippen molar-refractivity contribution in [2.45, 2.75) is 26.5 Å². The van der Waals surface area contributed by atoms with E-state index in [0.717, 1.165) is 28.9 Å². The van der Waals surface area contributed by atoms with Crippen LogP contribution in [0.4, 0.5) is 0 Å². The molecule has 0 saturated heterocycles. The van der Waals surface area contributed by atoms with E-state index in [9.17, 15) is 4.79 Å². The van der Waals surface area contributed by atoms with Gasteiger partial charge in [0.25, 0.3) is 5.91 Å². The van der Waals surface area contributed by atoms with Crippen molar-refractivity contribution in [1.82, 2.24) is 15.1 Å². The quantitative estimate of drug-likeness (QED) is 0.710. The third-order valence-electron chi connectivity index (χ3n) is 4.31. The molecule has 0 aliphatic carbocycles. The summed E-state index contributed by atoms with van der Waals surface area (Å²) in [5.41, 5.74) is 4.59. The Hall–Kier alpha value is -2.92. The highest BCUT2D eigenvalue weighted by Crippen LogP contribution is 2.16. The van der Waals surface area contributed by atoms with Crippen LogP contribution in [0.2, 0.25) is 0 Å². The molecule has 0 aliphatic rings. The molecule has 0 saturated carbocycles. The zero-order valence-corrected chi connectivity index (χ0v) is 15.1. The smallest absolute Gasteiger partial charge is 0.255 e. The van der Waals surface area contributed by atoms with Gasteiger partial charge in [0.2, 0.25) is 0 Å². The topological polar surface area (TPSA) is 56.1 Å². The molecule has 0 aliphatic heterocycles. The number of rotatable bonds is 7. The number of para-hydroxylation sites is 1. The van der Waals surface area contributed by atoms with Gasteiger partial charge in [-0.15, -0.1) is 0 Å². The molecular weight excluding hydrogens is 326 g/mol. The largest absolute Gasteiger partial charge is 0.380 e. The van der Waals surface area contributed by atoms with E-state index in [1.54, 1.807) is 13.3 Å². The molecule has 3 rings (SSSR count). The van der Waals surface area contributed by atoms with Gasteiger partial charge in [0, 0.05) is 13.7 Å². The number of hydrogen-bond acceptors (Lipinski definition) is 3. The van der Waals surface area contributed by atoms with Crippen molar-refractivity contribution >= 4 is 5.91 Å². The van der Waals surface area contributed by atoms with Crippen molar-refractivity contribution < 1.29 is 9.53 Å². The van der Waals surface area contributed by atoms with Gasteiger partial charge in [0.15, 0.2) is 0 Å². The van der Waals surface area contributed by atoms with Crippen molar-refractivity contribution in [3.63, 3.8) is 0 Å². The van der Waals surface area contributed by atoms with Gasteiger partial charge in [0.05, 0.1) is 29.7 Å². The summed E-state index contributed by atoms with van der Waals surface area (Å²) in [4.78, 5) is 12.7. The highest BCUT2D eigenvalue weighted by atomic mass is 16.5. The van der Waals surface area contributed by atoms with Crippen LogP contribution in [0.15, 0.2) is 60.8 Å². The number of ether oxygens (including phenoxy) is 1. The van der Waals surface area contributed by atoms with E-state index in [-0.39, 0.29) is 5.91 Å². The molecule has 0 fully saturated rings. The number of nitrogens with one attached hydrogen (secondary N) is 1. The third-order valence-corrected chi connectivity index (χ3v) is 4.31. The fourth-order valence-electron chi connectivity index (χ4n) is 2.99. The summed E-state index contributed by atoms with van der Waals surface area (Å²) in [6.07, 6.45) is 2.36. The van der Waals surface area contributed by atoms with Crippen molar-refractivity contribution in [1.29, 1.82) is 0 Å². The molecular formula is C21H23N3O2. The zero-order valence-electron chi connectivity index (χ0n) is 15.1. The lowest BCUT2D eigenvalue weighted by Crippen LogP contribution is -2.24. The van der Waals surface area contributed by atoms with E-state index in [2.05, 4.69) is 10.4 Å². The number of amides is 1. The molecule has 3 aromatic rings. The first-order chi connectivity index (χ1) is 12.7. The first-order valence-corrected chi connectivity index (χ1v) is 8.70. The van der Waals surface area contributed by atoms with Crippen LogP contribution in [0.3, 0.4) is 0 Å². The molecule has 134 valence electrons. The normalized spacial score (nSPS) is 10.7. The van der Waals surface area contributed by atoms with E-state index < -0.39 is 0 Å². The monoisotopic (exact) mass is 349 g/mol. The molecule has 1 aromatic heterocycles. The van der Waals surface area contributed by atoms with E-state index in [0.29, 0.717) is 18.7 Å². The second-order valence-corrected chi connectivity index (χ2v) is 5.99. The van der Waals surface area contributed by atoms with Crippen LogP contribution in [0, 0.1) is 0 Å². The van der Waals surface area contributed by atoms with Gasteiger partial charge < -0.3 is 10.1 Å². The lowest BCUT2D eigenvalue weighted by molar-refractivity contribution is 0.0949. The Morgan fingerprint density at radius 3 is 2.46 bits per heavy atom. The van der Waals surface area contributed by atoms with E-state index in [1.807, 2.05) is 66.2 Å². The Morgan fingerprint density at radius 2 is 1.77 bits per heavy atom. The van der Waals surface area contributed by atoms with Gasteiger partial charge in [-0.25, -0.2) is 4.68 Å². The van der Waals surface area contributed by atoms with Crippen LogP contribution >= 0.6 is 0 Å². The zero-order chi connectivity index (χ0) is 18.4. The van der Waals surface area contributed by atoms with Crippen LogP contribution in [-0.4, -0.2) is 22.8 Å². The average Bonchev–Trinajstić information content (AvgIpc) is 3.12. The minimum absolute atomic E-state index is 0.115. The van der Waals surface area contributed by atoms with Crippen LogP contribution in [-0.2, 0) is 24.3 Å². The molecule has 0 radical (unpaired) electrons. The molecule has 1 N–H and O–H groups in total. The maximum atomic E-state index is 12.7. The summed E-state index contributed by atoms with van der Waals surface area (Å²) in [6, 6.07) is 17.8. The summed E-state index contributed by atoms with van der Waals surface area (Å²) >= 11 is 0. The minimum atomic E-state index is -0.115. The maximum absolute atomic E-state index is 12.7. The standard InChI is InChI=1S/C21H23N3O2/c1-3-20-19(14-23-24(20)18-11-5-4-6-12-18)21(25)22-13-16-9-7-8-10-17(16)15-26-2/h4-12,14H,3,13,15H2,1-2H3,(H,22,25). The average molecular weight is 349 g/mol. The van der Waals surface area contributed by atoms with Gasteiger partial charge in [-0.3, -0.25) is 4.79 Å². The Balaban J connectivity index is 1.78. The molecule has 1 amide bonds. The number of carbonyl (C=O) groups excluding carboxylic acids is 1. The maximum Gasteiger partial charge on any atom is 0.255 e. The van der Waals surface area contributed by atoms with Gasteiger partial charge in [-0.2, -0.15) is 5.10 Å². The Kier molecular flexibility index (Phi) is 5.81. The fraction of sp³-hybridized carbons (Fsp3) is 0.238. The Morgan fingerprint density at radius 1 is 1.08 bits per heavy atom. The van der Waals surface area contributed by atoms with Crippen LogP contribution in [0.1, 0.15) is 34.1 Å². The molecule has 0 spiro atoms. The number of aromatic nitrogens is 2. The third kappa shape index (κ3) is 3.83. The molecule has 0 atom stereocenters. The minimum Gasteiger partial charge on any atom is -0.380 e. The fourth-order valence-corrected chi connectivity index (χ4v) is 2.99. The predicted molar refractivity (Wildman–Crippen MR) is 101 cm³/mol. The first kappa shape index (κ1) is 17.9. The summed E-state index contributed by atoms with van der Waals surface area (Å²) in [7, 11) is 1.67. The van der Waals surface area contributed by atoms with E-state index in [1.165, 1.54) is 0 Å². The van der Waals surface area contributed by atoms with Crippen LogP contribution in [0.25, 0.3) is 5.69 Å². The lowest BCUT2D eigenvalue weighted by atomic mass is 10.1. The SMILES string of the molecule is CCc1c(C(=O)NCc2ccccc2COC)cnn1-c1ccccc1. The second kappa shape index (κ2) is 8.45. The molecule has 0 bridgehead atoms. The molecule has 5 heteroatoms. The van der Waals surface area contributed by atoms with Gasteiger partial charge >= 0.3 is 0 Å². The molecule has 1 heterocycles. The Bertz CT molecular complexity index is 872. The predicted octanol–water partition coefficient (Wildman–Crippen LogP) is 3.51. The van der Waals surface area contributed by atoms with Crippen molar-refractivity contribution in [3.8, 4) is 5.69 Å². The van der Waals surface area contributed by atoms with E-state index >= 15 is 0 Å². The van der Waals surface area contributed by atoms with Crippen LogP contribution < -0.4 is 5.32 Å². The summed E-state index contributed by atoms with van der Waals surface area (Å²) < 4.78 is 7.05. The number of hydrogen-bond donors (Lipinski definition) is 1. The van der Waals surface area contributed by atoms with Gasteiger partial charge in [-0.05, 0) is 29.7 Å². The van der Waals surface area contributed by atoms with Crippen molar-refractivity contribution in [2.24, 2.45) is 0 Å². The molecule has 0 unspecified atom stereocenters. The Labute approximate surface area is 153 Å². The second-order valence-electron chi connectivity index (χ2n) is 5.99. The van der Waals surface area contributed by atoms with Gasteiger partial charge in [-0.1, -0.05) is 49.4 Å². The summed E-state index contributed by atoms with van der Waals surface area (Å²) in [5.74, 6) is -0.115. The lowest BCUT2D eigenvalue weighted by Gasteiger charge is -2.11. The summed E-state index contributed by atoms with van der Waals surface area (Å²) in [6.45, 7) is 3.01. The number of benzene rings is 2. The highest BCUT2D eigenvalue weighted by molar-refractivity contribution is 5.95. The van der Waals surface area contributed by atoms with Crippen molar-refractivity contribution in [3.05, 3.63) is 83.2 Å². The van der Waals surface area contributed by atoms with Gasteiger partial charge in [0.1, 0.15) is 0 Å². The van der Waals surface area contributed by atoms with Crippen LogP contribution in [0.5, 0.6) is 0 Å². The number of methoxy groups -OCH3 is 1. The molecule has 5 nitrogen and oxygen atoms in total.